The first-order chi connectivity index (χ1) is 8.19. The predicted molar refractivity (Wildman–Crippen MR) is 69.0 cm³/mol. The minimum Gasteiger partial charge on any atom is -0.493 e. The molecule has 0 saturated heterocycles. The number of aromatic hydroxyl groups is 1. The number of benzene rings is 1. The van der Waals surface area contributed by atoms with Crippen LogP contribution in [0.15, 0.2) is 23.4 Å². The van der Waals surface area contributed by atoms with Crippen molar-refractivity contribution in [2.24, 2.45) is 5.18 Å². The summed E-state index contributed by atoms with van der Waals surface area (Å²) in [7, 11) is 0. The molecule has 0 bridgehead atoms. The number of halogens is 1. The van der Waals surface area contributed by atoms with Crippen molar-refractivity contribution in [3.63, 3.8) is 0 Å². The van der Waals surface area contributed by atoms with Crippen molar-refractivity contribution in [2.45, 2.75) is 26.3 Å². The van der Waals surface area contributed by atoms with Gasteiger partial charge in [-0.05, 0) is 29.8 Å². The van der Waals surface area contributed by atoms with E-state index in [9.17, 15) is 10.0 Å². The molecule has 0 aliphatic rings. The van der Waals surface area contributed by atoms with Crippen LogP contribution in [0.1, 0.15) is 19.8 Å². The van der Waals surface area contributed by atoms with Gasteiger partial charge in [0, 0.05) is 17.0 Å². The van der Waals surface area contributed by atoms with Crippen LogP contribution in [0.25, 0.3) is 10.9 Å². The maximum atomic E-state index is 10.8. The Balaban J connectivity index is 2.66. The molecule has 17 heavy (non-hydrogen) atoms. The summed E-state index contributed by atoms with van der Waals surface area (Å²) in [5, 5.41) is 14.0. The van der Waals surface area contributed by atoms with Crippen LogP contribution in [0.3, 0.4) is 0 Å². The third-order valence-electron chi connectivity index (χ3n) is 2.80. The predicted octanol–water partition coefficient (Wildman–Crippen LogP) is 4.20. The zero-order chi connectivity index (χ0) is 12.4. The van der Waals surface area contributed by atoms with Gasteiger partial charge in [-0.15, -0.1) is 4.91 Å². The molecule has 2 aromatic rings. The Morgan fingerprint density at radius 3 is 2.88 bits per heavy atom. The number of hydrogen-bond acceptors (Lipinski definition) is 3. The summed E-state index contributed by atoms with van der Waals surface area (Å²) in [6, 6.07) is 5.18. The van der Waals surface area contributed by atoms with Crippen molar-refractivity contribution in [3.8, 4) is 5.88 Å². The van der Waals surface area contributed by atoms with E-state index in [1.807, 2.05) is 0 Å². The van der Waals surface area contributed by atoms with Gasteiger partial charge >= 0.3 is 0 Å². The molecule has 0 aliphatic carbocycles. The van der Waals surface area contributed by atoms with E-state index in [2.05, 4.69) is 12.1 Å². The number of fused-ring (bicyclic) bond motifs is 1. The van der Waals surface area contributed by atoms with Crippen LogP contribution in [0.4, 0.5) is 5.69 Å². The topological polar surface area (TPSA) is 54.6 Å². The summed E-state index contributed by atoms with van der Waals surface area (Å²) in [5.74, 6) is -0.0780. The molecule has 1 aromatic heterocycles. The highest BCUT2D eigenvalue weighted by molar-refractivity contribution is 6.31. The van der Waals surface area contributed by atoms with Gasteiger partial charge in [0.25, 0.3) is 0 Å². The van der Waals surface area contributed by atoms with Gasteiger partial charge in [-0.1, -0.05) is 24.9 Å². The highest BCUT2D eigenvalue weighted by Gasteiger charge is 2.17. The van der Waals surface area contributed by atoms with E-state index < -0.39 is 0 Å². The van der Waals surface area contributed by atoms with Crippen LogP contribution >= 0.6 is 11.6 Å². The summed E-state index contributed by atoms with van der Waals surface area (Å²) in [5.41, 5.74) is 0.855. The Hall–Kier alpha value is -1.55. The molecule has 0 aliphatic heterocycles. The zero-order valence-corrected chi connectivity index (χ0v) is 10.2. The SMILES string of the molecule is CCCCn1c(O)c(N=O)c2cc(Cl)ccc21. The van der Waals surface area contributed by atoms with Gasteiger partial charge in [0.05, 0.1) is 5.52 Å². The Morgan fingerprint density at radius 2 is 2.24 bits per heavy atom. The van der Waals surface area contributed by atoms with Crippen molar-refractivity contribution in [1.29, 1.82) is 0 Å². The fourth-order valence-corrected chi connectivity index (χ4v) is 2.10. The quantitative estimate of drug-likeness (QED) is 0.829. The fraction of sp³-hybridized carbons (Fsp3) is 0.333. The minimum absolute atomic E-state index is 0.0682. The summed E-state index contributed by atoms with van der Waals surface area (Å²) < 4.78 is 1.70. The maximum absolute atomic E-state index is 10.8. The van der Waals surface area contributed by atoms with Crippen molar-refractivity contribution in [2.75, 3.05) is 0 Å². The van der Waals surface area contributed by atoms with E-state index in [4.69, 9.17) is 11.6 Å². The van der Waals surface area contributed by atoms with Crippen molar-refractivity contribution < 1.29 is 5.11 Å². The third-order valence-corrected chi connectivity index (χ3v) is 3.03. The molecule has 0 amide bonds. The van der Waals surface area contributed by atoms with E-state index >= 15 is 0 Å². The van der Waals surface area contributed by atoms with Gasteiger partial charge in [-0.2, -0.15) is 0 Å². The molecule has 0 saturated carbocycles. The first kappa shape index (κ1) is 11.9. The molecule has 1 aromatic carbocycles. The Morgan fingerprint density at radius 1 is 1.47 bits per heavy atom. The molecule has 0 atom stereocenters. The number of unbranched alkanes of at least 4 members (excludes halogenated alkanes) is 1. The molecule has 90 valence electrons. The lowest BCUT2D eigenvalue weighted by Crippen LogP contribution is -1.96. The normalized spacial score (nSPS) is 10.9. The molecule has 0 spiro atoms. The summed E-state index contributed by atoms with van der Waals surface area (Å²) in [6.07, 6.45) is 1.94. The van der Waals surface area contributed by atoms with Gasteiger partial charge in [0.2, 0.25) is 5.88 Å². The largest absolute Gasteiger partial charge is 0.493 e. The molecular formula is C12H13ClN2O2. The van der Waals surface area contributed by atoms with Crippen molar-refractivity contribution in [3.05, 3.63) is 28.1 Å². The molecule has 0 unspecified atom stereocenters. The molecule has 0 radical (unpaired) electrons. The number of nitrogens with zero attached hydrogens (tertiary/aromatic N) is 2. The highest BCUT2D eigenvalue weighted by Crippen LogP contribution is 2.39. The van der Waals surface area contributed by atoms with E-state index in [1.54, 1.807) is 22.8 Å². The zero-order valence-electron chi connectivity index (χ0n) is 9.48. The molecule has 5 heteroatoms. The van der Waals surface area contributed by atoms with E-state index in [0.717, 1.165) is 18.4 Å². The number of rotatable bonds is 4. The number of nitroso groups, excluding NO2 is 1. The lowest BCUT2D eigenvalue weighted by atomic mass is 10.2. The van der Waals surface area contributed by atoms with Gasteiger partial charge in [0.1, 0.15) is 0 Å². The van der Waals surface area contributed by atoms with Crippen LogP contribution in [0.5, 0.6) is 5.88 Å². The van der Waals surface area contributed by atoms with Gasteiger partial charge in [0.15, 0.2) is 5.69 Å². The number of aromatic nitrogens is 1. The lowest BCUT2D eigenvalue weighted by Gasteiger charge is -2.05. The average Bonchev–Trinajstić information content (AvgIpc) is 2.57. The average molecular weight is 253 g/mol. The summed E-state index contributed by atoms with van der Waals surface area (Å²) >= 11 is 5.88. The summed E-state index contributed by atoms with van der Waals surface area (Å²) in [6.45, 7) is 2.73. The molecule has 1 heterocycles. The number of aryl methyl sites for hydroxylation is 1. The minimum atomic E-state index is -0.0780. The smallest absolute Gasteiger partial charge is 0.222 e. The van der Waals surface area contributed by atoms with E-state index in [1.165, 1.54) is 0 Å². The first-order valence-corrected chi connectivity index (χ1v) is 5.91. The first-order valence-electron chi connectivity index (χ1n) is 5.53. The molecule has 1 N–H and O–H groups in total. The molecular weight excluding hydrogens is 240 g/mol. The molecule has 0 fully saturated rings. The van der Waals surface area contributed by atoms with Crippen molar-refractivity contribution in [1.82, 2.24) is 4.57 Å². The monoisotopic (exact) mass is 252 g/mol. The van der Waals surface area contributed by atoms with E-state index in [-0.39, 0.29) is 11.6 Å². The van der Waals surface area contributed by atoms with Gasteiger partial charge in [-0.25, -0.2) is 0 Å². The van der Waals surface area contributed by atoms with Crippen molar-refractivity contribution >= 4 is 28.2 Å². The van der Waals surface area contributed by atoms with Crippen LogP contribution in [-0.2, 0) is 6.54 Å². The second-order valence-electron chi connectivity index (χ2n) is 3.93. The molecule has 2 rings (SSSR count). The Bertz CT molecular complexity index is 563. The Labute approximate surface area is 104 Å². The summed E-state index contributed by atoms with van der Waals surface area (Å²) in [4.78, 5) is 10.8. The van der Waals surface area contributed by atoms with Crippen LogP contribution in [0, 0.1) is 4.91 Å². The maximum Gasteiger partial charge on any atom is 0.222 e. The van der Waals surface area contributed by atoms with Crippen LogP contribution < -0.4 is 0 Å². The number of hydrogen-bond donors (Lipinski definition) is 1. The Kier molecular flexibility index (Phi) is 3.33. The van der Waals surface area contributed by atoms with Crippen LogP contribution in [-0.4, -0.2) is 9.67 Å². The van der Waals surface area contributed by atoms with Gasteiger partial charge in [-0.3, -0.25) is 0 Å². The highest BCUT2D eigenvalue weighted by atomic mass is 35.5. The molecule has 4 nitrogen and oxygen atoms in total. The van der Waals surface area contributed by atoms with Crippen LogP contribution in [0.2, 0.25) is 5.02 Å². The van der Waals surface area contributed by atoms with E-state index in [0.29, 0.717) is 17.0 Å². The van der Waals surface area contributed by atoms with Gasteiger partial charge < -0.3 is 9.67 Å². The second kappa shape index (κ2) is 4.75. The lowest BCUT2D eigenvalue weighted by molar-refractivity contribution is 0.418. The third kappa shape index (κ3) is 2.00. The second-order valence-corrected chi connectivity index (χ2v) is 4.37. The fourth-order valence-electron chi connectivity index (χ4n) is 1.93. The standard InChI is InChI=1S/C12H13ClN2O2/c1-2-3-6-15-10-5-4-8(13)7-9(10)11(14-17)12(15)16/h4-5,7,16H,2-3,6H2,1H3.